The molecule has 1 atom stereocenters. The monoisotopic (exact) mass is 304 g/mol. The highest BCUT2D eigenvalue weighted by atomic mass is 32.1. The van der Waals surface area contributed by atoms with E-state index in [1.165, 1.54) is 9.75 Å². The van der Waals surface area contributed by atoms with Gasteiger partial charge in [0.15, 0.2) is 0 Å². The average Bonchev–Trinajstić information content (AvgIpc) is 2.83. The van der Waals surface area contributed by atoms with E-state index < -0.39 is 5.97 Å². The van der Waals surface area contributed by atoms with E-state index in [1.807, 2.05) is 6.92 Å². The summed E-state index contributed by atoms with van der Waals surface area (Å²) in [7, 11) is 0. The summed E-state index contributed by atoms with van der Waals surface area (Å²) in [6.45, 7) is 6.14. The quantitative estimate of drug-likeness (QED) is 0.853. The number of aromatic carboxylic acids is 1. The van der Waals surface area contributed by atoms with Gasteiger partial charge >= 0.3 is 5.97 Å². The van der Waals surface area contributed by atoms with Crippen LogP contribution in [-0.2, 0) is 12.8 Å². The largest absolute Gasteiger partial charge is 0.478 e. The zero-order valence-corrected chi connectivity index (χ0v) is 13.3. The highest BCUT2D eigenvalue weighted by Crippen LogP contribution is 2.19. The summed E-state index contributed by atoms with van der Waals surface area (Å²) in [5, 5.41) is 12.4. The van der Waals surface area contributed by atoms with Gasteiger partial charge in [0.25, 0.3) is 0 Å². The first-order valence-electron chi connectivity index (χ1n) is 7.04. The molecule has 2 aromatic heterocycles. The number of pyridine rings is 1. The predicted molar refractivity (Wildman–Crippen MR) is 86.4 cm³/mol. The van der Waals surface area contributed by atoms with Gasteiger partial charge in [-0.1, -0.05) is 6.92 Å². The number of carbonyl (C=O) groups is 1. The van der Waals surface area contributed by atoms with Crippen molar-refractivity contribution in [3.05, 3.63) is 45.3 Å². The summed E-state index contributed by atoms with van der Waals surface area (Å²) in [6, 6.07) is 7.67. The number of hydrogen-bond donors (Lipinski definition) is 2. The molecule has 0 saturated carbocycles. The molecular weight excluding hydrogens is 284 g/mol. The van der Waals surface area contributed by atoms with Gasteiger partial charge < -0.3 is 10.4 Å². The Morgan fingerprint density at radius 1 is 1.43 bits per heavy atom. The van der Waals surface area contributed by atoms with Gasteiger partial charge in [-0.2, -0.15) is 0 Å². The lowest BCUT2D eigenvalue weighted by Crippen LogP contribution is -2.19. The number of carboxylic acids is 1. The number of carboxylic acid groups (broad SMARTS) is 1. The van der Waals surface area contributed by atoms with Gasteiger partial charge in [0.2, 0.25) is 0 Å². The molecule has 0 aliphatic rings. The van der Waals surface area contributed by atoms with Crippen LogP contribution in [0.1, 0.15) is 39.7 Å². The topological polar surface area (TPSA) is 62.2 Å². The van der Waals surface area contributed by atoms with Gasteiger partial charge in [-0.15, -0.1) is 11.3 Å². The molecule has 1 unspecified atom stereocenters. The Kier molecular flexibility index (Phi) is 4.96. The second kappa shape index (κ2) is 6.72. The maximum Gasteiger partial charge on any atom is 0.335 e. The summed E-state index contributed by atoms with van der Waals surface area (Å²) in [5.74, 6) is -0.288. The Bertz CT molecular complexity index is 637. The number of hydrogen-bond acceptors (Lipinski definition) is 4. The molecule has 4 nitrogen and oxygen atoms in total. The van der Waals surface area contributed by atoms with Gasteiger partial charge in [-0.25, -0.2) is 9.78 Å². The molecule has 0 aliphatic heterocycles. The van der Waals surface area contributed by atoms with Crippen LogP contribution in [-0.4, -0.2) is 22.1 Å². The molecule has 0 radical (unpaired) electrons. The van der Waals surface area contributed by atoms with E-state index in [2.05, 4.69) is 36.3 Å². The van der Waals surface area contributed by atoms with Crippen LogP contribution in [0.2, 0.25) is 0 Å². The van der Waals surface area contributed by atoms with Crippen LogP contribution in [0.5, 0.6) is 0 Å². The van der Waals surface area contributed by atoms with Gasteiger partial charge in [-0.05, 0) is 44.5 Å². The second-order valence-corrected chi connectivity index (χ2v) is 6.53. The predicted octanol–water partition coefficient (Wildman–Crippen LogP) is 3.76. The van der Waals surface area contributed by atoms with E-state index in [-0.39, 0.29) is 11.6 Å². The van der Waals surface area contributed by atoms with Crippen molar-refractivity contribution >= 4 is 23.1 Å². The minimum atomic E-state index is -0.920. The summed E-state index contributed by atoms with van der Waals surface area (Å²) in [5.41, 5.74) is 1.07. The first-order chi connectivity index (χ1) is 9.97. The van der Waals surface area contributed by atoms with Crippen molar-refractivity contribution < 1.29 is 9.90 Å². The van der Waals surface area contributed by atoms with E-state index in [1.54, 1.807) is 23.5 Å². The lowest BCUT2D eigenvalue weighted by molar-refractivity contribution is 0.0696. The third-order valence-electron chi connectivity index (χ3n) is 3.19. The molecule has 0 aliphatic carbocycles. The average molecular weight is 304 g/mol. The molecular formula is C16H20N2O2S. The third-order valence-corrected chi connectivity index (χ3v) is 4.21. The summed E-state index contributed by atoms with van der Waals surface area (Å²) >= 11 is 1.79. The third kappa shape index (κ3) is 4.29. The van der Waals surface area contributed by atoms with Crippen molar-refractivity contribution in [1.29, 1.82) is 0 Å². The van der Waals surface area contributed by atoms with Crippen LogP contribution >= 0.6 is 11.3 Å². The van der Waals surface area contributed by atoms with E-state index in [0.29, 0.717) is 12.2 Å². The van der Waals surface area contributed by atoms with Crippen molar-refractivity contribution in [3.8, 4) is 0 Å². The van der Waals surface area contributed by atoms with Crippen LogP contribution in [0.15, 0.2) is 24.3 Å². The van der Waals surface area contributed by atoms with Crippen LogP contribution < -0.4 is 5.32 Å². The summed E-state index contributed by atoms with van der Waals surface area (Å²) < 4.78 is 0. The highest BCUT2D eigenvalue weighted by molar-refractivity contribution is 7.11. The fourth-order valence-corrected chi connectivity index (χ4v) is 3.19. The van der Waals surface area contributed by atoms with Crippen molar-refractivity contribution in [1.82, 2.24) is 4.98 Å². The molecule has 0 saturated heterocycles. The van der Waals surface area contributed by atoms with Crippen molar-refractivity contribution in [2.24, 2.45) is 0 Å². The van der Waals surface area contributed by atoms with Gasteiger partial charge in [0.1, 0.15) is 5.82 Å². The Hall–Kier alpha value is -1.88. The molecule has 112 valence electrons. The van der Waals surface area contributed by atoms with Gasteiger partial charge in [0.05, 0.1) is 5.56 Å². The van der Waals surface area contributed by atoms with Crippen LogP contribution in [0, 0.1) is 6.92 Å². The molecule has 0 amide bonds. The highest BCUT2D eigenvalue weighted by Gasteiger charge is 2.11. The molecule has 0 aromatic carbocycles. The van der Waals surface area contributed by atoms with Gasteiger partial charge in [0, 0.05) is 27.9 Å². The smallest absolute Gasteiger partial charge is 0.335 e. The Morgan fingerprint density at radius 2 is 2.19 bits per heavy atom. The van der Waals surface area contributed by atoms with Crippen LogP contribution in [0.3, 0.4) is 0 Å². The number of aromatic nitrogens is 1. The minimum Gasteiger partial charge on any atom is -0.478 e. The first-order valence-corrected chi connectivity index (χ1v) is 7.85. The SMILES string of the molecule is CCc1cc(C(=O)O)cc(NC(C)Cc2ccc(C)s2)n1. The van der Waals surface area contributed by atoms with Crippen molar-refractivity contribution in [2.45, 2.75) is 39.7 Å². The zero-order valence-electron chi connectivity index (χ0n) is 12.5. The number of thiophene rings is 1. The Balaban J connectivity index is 2.10. The molecule has 0 fully saturated rings. The maximum atomic E-state index is 11.1. The van der Waals surface area contributed by atoms with Crippen LogP contribution in [0.25, 0.3) is 0 Å². The summed E-state index contributed by atoms with van der Waals surface area (Å²) in [6.07, 6.45) is 1.62. The first kappa shape index (κ1) is 15.5. The van der Waals surface area contributed by atoms with Gasteiger partial charge in [-0.3, -0.25) is 0 Å². The molecule has 0 bridgehead atoms. The standard InChI is InChI=1S/C16H20N2O2S/c1-4-13-8-12(16(19)20)9-15(18-13)17-10(2)7-14-6-5-11(3)21-14/h5-6,8-10H,4,7H2,1-3H3,(H,17,18)(H,19,20). The molecule has 2 rings (SSSR count). The molecule has 5 heteroatoms. The molecule has 0 spiro atoms. The summed E-state index contributed by atoms with van der Waals surface area (Å²) in [4.78, 5) is 18.2. The number of nitrogens with one attached hydrogen (secondary N) is 1. The van der Waals surface area contributed by atoms with Crippen molar-refractivity contribution in [3.63, 3.8) is 0 Å². The molecule has 2 aromatic rings. The Morgan fingerprint density at radius 3 is 2.76 bits per heavy atom. The Labute approximate surface area is 128 Å². The fourth-order valence-electron chi connectivity index (χ4n) is 2.17. The molecule has 2 N–H and O–H groups in total. The lowest BCUT2D eigenvalue weighted by Gasteiger charge is -2.15. The lowest BCUT2D eigenvalue weighted by atomic mass is 10.1. The minimum absolute atomic E-state index is 0.198. The van der Waals surface area contributed by atoms with E-state index >= 15 is 0 Å². The number of anilines is 1. The number of rotatable bonds is 6. The van der Waals surface area contributed by atoms with Crippen LogP contribution in [0.4, 0.5) is 5.82 Å². The normalized spacial score (nSPS) is 12.1. The fraction of sp³-hybridized carbons (Fsp3) is 0.375. The zero-order chi connectivity index (χ0) is 15.4. The number of aryl methyl sites for hydroxylation is 2. The second-order valence-electron chi connectivity index (χ2n) is 5.15. The van der Waals surface area contributed by atoms with E-state index in [0.717, 1.165) is 12.1 Å². The molecule has 2 heterocycles. The molecule has 21 heavy (non-hydrogen) atoms. The maximum absolute atomic E-state index is 11.1. The van der Waals surface area contributed by atoms with Crippen molar-refractivity contribution in [2.75, 3.05) is 5.32 Å². The van der Waals surface area contributed by atoms with E-state index in [4.69, 9.17) is 5.11 Å². The van der Waals surface area contributed by atoms with E-state index in [9.17, 15) is 4.79 Å². The number of nitrogens with zero attached hydrogens (tertiary/aromatic N) is 1.